The van der Waals surface area contributed by atoms with Crippen molar-refractivity contribution in [2.24, 2.45) is 0 Å². The van der Waals surface area contributed by atoms with Gasteiger partial charge in [0.2, 0.25) is 0 Å². The fourth-order valence-electron chi connectivity index (χ4n) is 1.79. The van der Waals surface area contributed by atoms with Gasteiger partial charge in [0.15, 0.2) is 0 Å². The van der Waals surface area contributed by atoms with Crippen molar-refractivity contribution >= 4 is 27.5 Å². The Hall–Kier alpha value is -0.840. The smallest absolute Gasteiger partial charge is 0.0832 e. The van der Waals surface area contributed by atoms with Crippen molar-refractivity contribution in [2.45, 2.75) is 25.4 Å². The molecule has 1 fully saturated rings. The van der Waals surface area contributed by atoms with Crippen LogP contribution in [0, 0.1) is 0 Å². The summed E-state index contributed by atoms with van der Waals surface area (Å²) < 4.78 is 2.79. The van der Waals surface area contributed by atoms with E-state index in [2.05, 4.69) is 26.3 Å². The highest BCUT2D eigenvalue weighted by Gasteiger charge is 2.20. The summed E-state index contributed by atoms with van der Waals surface area (Å²) in [5.41, 5.74) is 1.94. The van der Waals surface area contributed by atoms with Gasteiger partial charge in [0.05, 0.1) is 16.4 Å². The van der Waals surface area contributed by atoms with E-state index in [0.717, 1.165) is 22.4 Å². The number of nitrogens with zero attached hydrogens (tertiary/aromatic N) is 2. The first-order valence-electron chi connectivity index (χ1n) is 5.96. The maximum Gasteiger partial charge on any atom is 0.0832 e. The van der Waals surface area contributed by atoms with Crippen LogP contribution in [-0.4, -0.2) is 15.8 Å². The van der Waals surface area contributed by atoms with E-state index in [9.17, 15) is 0 Å². The first kappa shape index (κ1) is 12.2. The third kappa shape index (κ3) is 2.76. The van der Waals surface area contributed by atoms with Crippen LogP contribution in [0.2, 0.25) is 5.02 Å². The molecule has 0 aliphatic heterocycles. The van der Waals surface area contributed by atoms with Crippen LogP contribution >= 0.6 is 27.5 Å². The predicted molar refractivity (Wildman–Crippen MR) is 76.1 cm³/mol. The minimum Gasteiger partial charge on any atom is -0.308 e. The average molecular weight is 327 g/mol. The number of halogens is 2. The van der Waals surface area contributed by atoms with Gasteiger partial charge in [0, 0.05) is 23.3 Å². The van der Waals surface area contributed by atoms with Gasteiger partial charge in [-0.3, -0.25) is 0 Å². The Labute approximate surface area is 119 Å². The van der Waals surface area contributed by atoms with Crippen molar-refractivity contribution in [3.8, 4) is 5.69 Å². The Balaban J connectivity index is 1.78. The van der Waals surface area contributed by atoms with E-state index in [1.807, 2.05) is 35.1 Å². The molecule has 0 radical (unpaired) electrons. The summed E-state index contributed by atoms with van der Waals surface area (Å²) in [4.78, 5) is 0. The van der Waals surface area contributed by atoms with Crippen LogP contribution in [0.1, 0.15) is 18.5 Å². The van der Waals surface area contributed by atoms with Crippen LogP contribution < -0.4 is 5.32 Å². The van der Waals surface area contributed by atoms with E-state index in [0.29, 0.717) is 11.1 Å². The minimum atomic E-state index is 0.689. The third-order valence-electron chi connectivity index (χ3n) is 2.95. The molecule has 1 N–H and O–H groups in total. The monoisotopic (exact) mass is 325 g/mol. The fraction of sp³-hybridized carbons (Fsp3) is 0.308. The Bertz CT molecular complexity index is 563. The molecule has 3 rings (SSSR count). The van der Waals surface area contributed by atoms with Gasteiger partial charge in [0.25, 0.3) is 0 Å². The second kappa shape index (κ2) is 5.03. The summed E-state index contributed by atoms with van der Waals surface area (Å²) in [5.74, 6) is 0. The lowest BCUT2D eigenvalue weighted by molar-refractivity contribution is 0.665. The molecule has 0 amide bonds. The molecule has 0 saturated heterocycles. The SMILES string of the molecule is Clc1cc(Br)ccc1-n1ccc(CNC2CC2)n1. The molecule has 1 saturated carbocycles. The lowest BCUT2D eigenvalue weighted by atomic mass is 10.3. The summed E-state index contributed by atoms with van der Waals surface area (Å²) in [5, 5.41) is 8.66. The second-order valence-corrected chi connectivity index (χ2v) is 5.83. The maximum absolute atomic E-state index is 6.20. The van der Waals surface area contributed by atoms with Gasteiger partial charge < -0.3 is 5.32 Å². The molecule has 1 aliphatic rings. The number of benzene rings is 1. The molecular weight excluding hydrogens is 314 g/mol. The van der Waals surface area contributed by atoms with Crippen molar-refractivity contribution in [3.63, 3.8) is 0 Å². The molecule has 0 bridgehead atoms. The highest BCUT2D eigenvalue weighted by Crippen LogP contribution is 2.24. The Morgan fingerprint density at radius 2 is 2.22 bits per heavy atom. The summed E-state index contributed by atoms with van der Waals surface area (Å²) >= 11 is 9.60. The number of hydrogen-bond donors (Lipinski definition) is 1. The summed E-state index contributed by atoms with van der Waals surface area (Å²) in [7, 11) is 0. The quantitative estimate of drug-likeness (QED) is 0.931. The van der Waals surface area contributed by atoms with E-state index in [1.165, 1.54) is 12.8 Å². The zero-order valence-corrected chi connectivity index (χ0v) is 12.1. The lowest BCUT2D eigenvalue weighted by Crippen LogP contribution is -2.15. The normalized spacial score (nSPS) is 15.0. The predicted octanol–water partition coefficient (Wildman–Crippen LogP) is 3.54. The van der Waals surface area contributed by atoms with Crippen LogP contribution in [0.3, 0.4) is 0 Å². The third-order valence-corrected chi connectivity index (χ3v) is 3.75. The zero-order valence-electron chi connectivity index (χ0n) is 9.74. The van der Waals surface area contributed by atoms with Crippen molar-refractivity contribution in [1.82, 2.24) is 15.1 Å². The van der Waals surface area contributed by atoms with E-state index < -0.39 is 0 Å². The van der Waals surface area contributed by atoms with Crippen LogP contribution in [-0.2, 0) is 6.54 Å². The molecular formula is C13H13BrClN3. The molecule has 3 nitrogen and oxygen atoms in total. The van der Waals surface area contributed by atoms with Gasteiger partial charge in [-0.25, -0.2) is 4.68 Å². The molecule has 1 heterocycles. The molecule has 1 aromatic carbocycles. The molecule has 18 heavy (non-hydrogen) atoms. The van der Waals surface area contributed by atoms with Crippen LogP contribution in [0.5, 0.6) is 0 Å². The van der Waals surface area contributed by atoms with Crippen LogP contribution in [0.25, 0.3) is 5.69 Å². The van der Waals surface area contributed by atoms with Gasteiger partial charge in [-0.05, 0) is 37.1 Å². The maximum atomic E-state index is 6.20. The van der Waals surface area contributed by atoms with E-state index in [1.54, 1.807) is 0 Å². The molecule has 1 aliphatic carbocycles. The van der Waals surface area contributed by atoms with Crippen molar-refractivity contribution in [3.05, 3.63) is 45.7 Å². The standard InChI is InChI=1S/C13H13BrClN3/c14-9-1-4-13(12(15)7-9)18-6-5-11(17-18)8-16-10-2-3-10/h1,4-7,10,16H,2-3,8H2. The highest BCUT2D eigenvalue weighted by molar-refractivity contribution is 9.10. The van der Waals surface area contributed by atoms with Gasteiger partial charge in [0.1, 0.15) is 0 Å². The second-order valence-electron chi connectivity index (χ2n) is 4.50. The highest BCUT2D eigenvalue weighted by atomic mass is 79.9. The van der Waals surface area contributed by atoms with Crippen molar-refractivity contribution < 1.29 is 0 Å². The first-order chi connectivity index (χ1) is 8.72. The van der Waals surface area contributed by atoms with Crippen molar-refractivity contribution in [2.75, 3.05) is 0 Å². The van der Waals surface area contributed by atoms with Gasteiger partial charge in [-0.2, -0.15) is 5.10 Å². The Kier molecular flexibility index (Phi) is 3.41. The zero-order chi connectivity index (χ0) is 12.5. The molecule has 0 unspecified atom stereocenters. The minimum absolute atomic E-state index is 0.689. The van der Waals surface area contributed by atoms with Crippen molar-refractivity contribution in [1.29, 1.82) is 0 Å². The number of rotatable bonds is 4. The van der Waals surface area contributed by atoms with Gasteiger partial charge >= 0.3 is 0 Å². The molecule has 5 heteroatoms. The molecule has 2 aromatic rings. The molecule has 0 spiro atoms. The first-order valence-corrected chi connectivity index (χ1v) is 7.13. The summed E-state index contributed by atoms with van der Waals surface area (Å²) in [6, 6.07) is 8.52. The average Bonchev–Trinajstić information content (AvgIpc) is 3.05. The molecule has 0 atom stereocenters. The van der Waals surface area contributed by atoms with Crippen LogP contribution in [0.4, 0.5) is 0 Å². The summed E-state index contributed by atoms with van der Waals surface area (Å²) in [6.07, 6.45) is 4.53. The number of aromatic nitrogens is 2. The van der Waals surface area contributed by atoms with Gasteiger partial charge in [-0.1, -0.05) is 27.5 Å². The van der Waals surface area contributed by atoms with E-state index in [-0.39, 0.29) is 0 Å². The Morgan fingerprint density at radius 1 is 1.39 bits per heavy atom. The molecule has 1 aromatic heterocycles. The summed E-state index contributed by atoms with van der Waals surface area (Å²) in [6.45, 7) is 0.825. The number of hydrogen-bond acceptors (Lipinski definition) is 2. The van der Waals surface area contributed by atoms with Gasteiger partial charge in [-0.15, -0.1) is 0 Å². The fourth-order valence-corrected chi connectivity index (χ4v) is 2.55. The topological polar surface area (TPSA) is 29.9 Å². The van der Waals surface area contributed by atoms with E-state index >= 15 is 0 Å². The largest absolute Gasteiger partial charge is 0.308 e. The molecule has 94 valence electrons. The van der Waals surface area contributed by atoms with E-state index in [4.69, 9.17) is 11.6 Å². The number of nitrogens with one attached hydrogen (secondary N) is 1. The lowest BCUT2D eigenvalue weighted by Gasteiger charge is -2.04. The van der Waals surface area contributed by atoms with Crippen LogP contribution in [0.15, 0.2) is 34.9 Å². The Morgan fingerprint density at radius 3 is 2.94 bits per heavy atom.